The first-order chi connectivity index (χ1) is 11.2. The minimum absolute atomic E-state index is 0.234. The number of benzene rings is 1. The number of hydrogen-bond acceptors (Lipinski definition) is 5. The maximum absolute atomic E-state index is 12.4. The zero-order chi connectivity index (χ0) is 16.2. The number of aromatic nitrogens is 1. The number of oxazole rings is 1. The number of amides is 1. The van der Waals surface area contributed by atoms with Crippen LogP contribution in [-0.2, 0) is 14.3 Å². The lowest BCUT2D eigenvalue weighted by molar-refractivity contribution is -0.153. The highest BCUT2D eigenvalue weighted by molar-refractivity contribution is 5.94. The number of piperidine rings is 1. The van der Waals surface area contributed by atoms with Gasteiger partial charge in [0.2, 0.25) is 11.8 Å². The quantitative estimate of drug-likeness (QED) is 0.642. The maximum Gasteiger partial charge on any atom is 0.328 e. The van der Waals surface area contributed by atoms with Crippen molar-refractivity contribution in [3.05, 3.63) is 36.2 Å². The van der Waals surface area contributed by atoms with E-state index >= 15 is 0 Å². The molecule has 120 valence electrons. The van der Waals surface area contributed by atoms with Crippen LogP contribution in [0, 0.1) is 0 Å². The molecule has 0 N–H and O–H groups in total. The van der Waals surface area contributed by atoms with Gasteiger partial charge in [0.05, 0.1) is 7.11 Å². The molecule has 0 bridgehead atoms. The van der Waals surface area contributed by atoms with Crippen LogP contribution in [0.1, 0.15) is 25.2 Å². The molecular weight excluding hydrogens is 296 g/mol. The van der Waals surface area contributed by atoms with Crippen molar-refractivity contribution in [1.82, 2.24) is 9.88 Å². The SMILES string of the molecule is COC(=O)C1CCCCN1C(=O)/C=C/c1nc2ccccc2o1. The Balaban J connectivity index is 1.75. The van der Waals surface area contributed by atoms with Crippen molar-refractivity contribution in [2.24, 2.45) is 0 Å². The maximum atomic E-state index is 12.4. The third-order valence-corrected chi connectivity index (χ3v) is 3.94. The average molecular weight is 314 g/mol. The van der Waals surface area contributed by atoms with E-state index in [0.29, 0.717) is 24.4 Å². The van der Waals surface area contributed by atoms with E-state index in [1.165, 1.54) is 19.3 Å². The van der Waals surface area contributed by atoms with Gasteiger partial charge in [-0.15, -0.1) is 0 Å². The Hall–Kier alpha value is -2.63. The Morgan fingerprint density at radius 1 is 1.35 bits per heavy atom. The van der Waals surface area contributed by atoms with E-state index in [1.54, 1.807) is 4.90 Å². The number of carbonyl (C=O) groups is 2. The molecule has 2 aromatic rings. The Labute approximate surface area is 133 Å². The van der Waals surface area contributed by atoms with Gasteiger partial charge in [-0.05, 0) is 31.4 Å². The third kappa shape index (κ3) is 3.26. The highest BCUT2D eigenvalue weighted by Crippen LogP contribution is 2.19. The van der Waals surface area contributed by atoms with Crippen LogP contribution < -0.4 is 0 Å². The molecule has 3 rings (SSSR count). The minimum atomic E-state index is -0.505. The molecule has 1 aliphatic rings. The Morgan fingerprint density at radius 2 is 2.17 bits per heavy atom. The summed E-state index contributed by atoms with van der Waals surface area (Å²) in [6.45, 7) is 0.552. The van der Waals surface area contributed by atoms with E-state index in [9.17, 15) is 9.59 Å². The molecule has 1 fully saturated rings. The molecule has 0 radical (unpaired) electrons. The average Bonchev–Trinajstić information content (AvgIpc) is 3.02. The van der Waals surface area contributed by atoms with Crippen LogP contribution in [0.25, 0.3) is 17.2 Å². The summed E-state index contributed by atoms with van der Waals surface area (Å²) < 4.78 is 10.3. The van der Waals surface area contributed by atoms with Crippen LogP contribution in [0.3, 0.4) is 0 Å². The van der Waals surface area contributed by atoms with Crippen LogP contribution in [0.4, 0.5) is 0 Å². The fraction of sp³-hybridized carbons (Fsp3) is 0.353. The number of hydrogen-bond donors (Lipinski definition) is 0. The first-order valence-corrected chi connectivity index (χ1v) is 7.61. The van der Waals surface area contributed by atoms with Gasteiger partial charge >= 0.3 is 5.97 Å². The summed E-state index contributed by atoms with van der Waals surface area (Å²) in [7, 11) is 1.34. The zero-order valence-corrected chi connectivity index (χ0v) is 12.9. The Kier molecular flexibility index (Phi) is 4.41. The molecule has 6 nitrogen and oxygen atoms in total. The number of fused-ring (bicyclic) bond motifs is 1. The topological polar surface area (TPSA) is 72.6 Å². The largest absolute Gasteiger partial charge is 0.467 e. The molecule has 1 aromatic heterocycles. The van der Waals surface area contributed by atoms with Gasteiger partial charge in [0.15, 0.2) is 5.58 Å². The highest BCUT2D eigenvalue weighted by Gasteiger charge is 2.31. The number of rotatable bonds is 3. The molecule has 1 aromatic carbocycles. The lowest BCUT2D eigenvalue weighted by atomic mass is 10.0. The number of ether oxygens (including phenoxy) is 1. The summed E-state index contributed by atoms with van der Waals surface area (Å²) in [5, 5.41) is 0. The summed E-state index contributed by atoms with van der Waals surface area (Å²) in [6.07, 6.45) is 5.36. The van der Waals surface area contributed by atoms with Gasteiger partial charge in [0.1, 0.15) is 11.6 Å². The lowest BCUT2D eigenvalue weighted by Crippen LogP contribution is -2.47. The molecule has 0 aliphatic carbocycles. The van der Waals surface area contributed by atoms with Crippen molar-refractivity contribution in [3.8, 4) is 0 Å². The molecule has 23 heavy (non-hydrogen) atoms. The summed E-state index contributed by atoms with van der Waals surface area (Å²) >= 11 is 0. The molecule has 2 heterocycles. The number of para-hydroxylation sites is 2. The second kappa shape index (κ2) is 6.64. The molecule has 1 atom stereocenters. The second-order valence-corrected chi connectivity index (χ2v) is 5.42. The van der Waals surface area contributed by atoms with Crippen LogP contribution in [-0.4, -0.2) is 41.5 Å². The van der Waals surface area contributed by atoms with E-state index in [-0.39, 0.29) is 11.9 Å². The van der Waals surface area contributed by atoms with Gasteiger partial charge in [-0.3, -0.25) is 4.79 Å². The molecule has 0 spiro atoms. The van der Waals surface area contributed by atoms with E-state index in [2.05, 4.69) is 4.98 Å². The van der Waals surface area contributed by atoms with Gasteiger partial charge in [-0.25, -0.2) is 9.78 Å². The summed E-state index contributed by atoms with van der Waals surface area (Å²) in [5.41, 5.74) is 1.41. The van der Waals surface area contributed by atoms with E-state index < -0.39 is 6.04 Å². The zero-order valence-electron chi connectivity index (χ0n) is 12.9. The number of carbonyl (C=O) groups excluding carboxylic acids is 2. The van der Waals surface area contributed by atoms with Crippen molar-refractivity contribution in [2.75, 3.05) is 13.7 Å². The van der Waals surface area contributed by atoms with E-state index in [1.807, 2.05) is 24.3 Å². The van der Waals surface area contributed by atoms with Gasteiger partial charge in [-0.1, -0.05) is 12.1 Å². The molecule has 0 saturated carbocycles. The first kappa shape index (κ1) is 15.3. The van der Waals surface area contributed by atoms with Gasteiger partial charge < -0.3 is 14.1 Å². The Bertz CT molecular complexity index is 717. The molecular formula is C17H18N2O4. The van der Waals surface area contributed by atoms with Gasteiger partial charge in [-0.2, -0.15) is 0 Å². The smallest absolute Gasteiger partial charge is 0.328 e. The summed E-state index contributed by atoms with van der Waals surface area (Å²) in [5.74, 6) is -0.234. The molecule has 6 heteroatoms. The van der Waals surface area contributed by atoms with Crippen molar-refractivity contribution in [3.63, 3.8) is 0 Å². The lowest BCUT2D eigenvalue weighted by Gasteiger charge is -2.32. The van der Waals surface area contributed by atoms with Crippen molar-refractivity contribution in [1.29, 1.82) is 0 Å². The molecule has 1 aliphatic heterocycles. The van der Waals surface area contributed by atoms with Gasteiger partial charge in [0, 0.05) is 18.7 Å². The summed E-state index contributed by atoms with van der Waals surface area (Å²) in [4.78, 5) is 30.0. The fourth-order valence-electron chi connectivity index (χ4n) is 2.78. The van der Waals surface area contributed by atoms with Crippen LogP contribution in [0.5, 0.6) is 0 Å². The third-order valence-electron chi connectivity index (χ3n) is 3.94. The number of esters is 1. The summed E-state index contributed by atoms with van der Waals surface area (Å²) in [6, 6.07) is 6.89. The van der Waals surface area contributed by atoms with Crippen molar-refractivity contribution < 1.29 is 18.7 Å². The van der Waals surface area contributed by atoms with Gasteiger partial charge in [0.25, 0.3) is 0 Å². The number of nitrogens with zero attached hydrogens (tertiary/aromatic N) is 2. The second-order valence-electron chi connectivity index (χ2n) is 5.42. The van der Waals surface area contributed by atoms with E-state index in [0.717, 1.165) is 18.4 Å². The molecule has 1 unspecified atom stereocenters. The minimum Gasteiger partial charge on any atom is -0.467 e. The standard InChI is InChI=1S/C17H18N2O4/c1-22-17(21)13-7-4-5-11-19(13)16(20)10-9-15-18-12-6-2-3-8-14(12)23-15/h2-3,6,8-10,13H,4-5,7,11H2,1H3/b10-9+. The van der Waals surface area contributed by atoms with Crippen molar-refractivity contribution in [2.45, 2.75) is 25.3 Å². The number of methoxy groups -OCH3 is 1. The van der Waals surface area contributed by atoms with Crippen LogP contribution in [0.15, 0.2) is 34.8 Å². The number of likely N-dealkylation sites (tertiary alicyclic amines) is 1. The van der Waals surface area contributed by atoms with Crippen molar-refractivity contribution >= 4 is 29.1 Å². The predicted octanol–water partition coefficient (Wildman–Crippen LogP) is 2.40. The van der Waals surface area contributed by atoms with Crippen LogP contribution in [0.2, 0.25) is 0 Å². The fourth-order valence-corrected chi connectivity index (χ4v) is 2.78. The first-order valence-electron chi connectivity index (χ1n) is 7.61. The predicted molar refractivity (Wildman–Crippen MR) is 84.4 cm³/mol. The molecule has 1 amide bonds. The monoisotopic (exact) mass is 314 g/mol. The molecule has 1 saturated heterocycles. The normalized spacial score (nSPS) is 18.5. The van der Waals surface area contributed by atoms with E-state index in [4.69, 9.17) is 9.15 Å². The highest BCUT2D eigenvalue weighted by atomic mass is 16.5. The van der Waals surface area contributed by atoms with Crippen LogP contribution >= 0.6 is 0 Å². The Morgan fingerprint density at radius 3 is 2.96 bits per heavy atom.